The van der Waals surface area contributed by atoms with Crippen molar-refractivity contribution in [1.82, 2.24) is 4.98 Å². The second-order valence-corrected chi connectivity index (χ2v) is 5.18. The highest BCUT2D eigenvalue weighted by molar-refractivity contribution is 6.09. The number of para-hydroxylation sites is 1. The van der Waals surface area contributed by atoms with Gasteiger partial charge in [0.15, 0.2) is 0 Å². The molecule has 0 aliphatic carbocycles. The normalized spacial score (nSPS) is 12.9. The summed E-state index contributed by atoms with van der Waals surface area (Å²) in [6.07, 6.45) is -0.136. The Kier molecular flexibility index (Phi) is 2.97. The fraction of sp³-hybridized carbons (Fsp3) is 0.0588. The SMILES string of the molecule is O=C1N=Nc2c1c(Cc1c(F)cccc1F)nc1ccccc21. The Balaban J connectivity index is 1.95. The molecule has 2 heterocycles. The summed E-state index contributed by atoms with van der Waals surface area (Å²) in [5, 5.41) is 8.15. The number of amides is 1. The number of fused-ring (bicyclic) bond motifs is 3. The molecule has 112 valence electrons. The van der Waals surface area contributed by atoms with Crippen LogP contribution in [0.5, 0.6) is 0 Å². The van der Waals surface area contributed by atoms with Crippen LogP contribution in [0.2, 0.25) is 0 Å². The fourth-order valence-corrected chi connectivity index (χ4v) is 2.71. The van der Waals surface area contributed by atoms with Crippen molar-refractivity contribution >= 4 is 22.5 Å². The van der Waals surface area contributed by atoms with Gasteiger partial charge in [0.1, 0.15) is 17.3 Å². The summed E-state index contributed by atoms with van der Waals surface area (Å²) in [4.78, 5) is 16.4. The molecule has 1 aliphatic rings. The van der Waals surface area contributed by atoms with Crippen molar-refractivity contribution in [1.29, 1.82) is 0 Å². The quantitative estimate of drug-likeness (QED) is 0.707. The summed E-state index contributed by atoms with van der Waals surface area (Å²) in [6.45, 7) is 0. The molecule has 1 amide bonds. The molecule has 2 aromatic carbocycles. The first kappa shape index (κ1) is 13.6. The lowest BCUT2D eigenvalue weighted by molar-refractivity contribution is 0.100. The summed E-state index contributed by atoms with van der Waals surface area (Å²) in [5.74, 6) is -1.88. The first-order valence-electron chi connectivity index (χ1n) is 6.95. The van der Waals surface area contributed by atoms with Crippen LogP contribution in [0.3, 0.4) is 0 Å². The van der Waals surface area contributed by atoms with Crippen molar-refractivity contribution in [2.45, 2.75) is 6.42 Å². The number of pyridine rings is 1. The van der Waals surface area contributed by atoms with E-state index in [0.717, 1.165) is 0 Å². The minimum atomic E-state index is -0.673. The van der Waals surface area contributed by atoms with Crippen molar-refractivity contribution in [3.8, 4) is 0 Å². The number of rotatable bonds is 2. The molecule has 0 fully saturated rings. The fourth-order valence-electron chi connectivity index (χ4n) is 2.71. The maximum absolute atomic E-state index is 13.9. The molecule has 1 aromatic heterocycles. The number of azo groups is 1. The average Bonchev–Trinajstić information content (AvgIpc) is 2.94. The van der Waals surface area contributed by atoms with Gasteiger partial charge in [-0.05, 0) is 18.2 Å². The minimum Gasteiger partial charge on any atom is -0.265 e. The van der Waals surface area contributed by atoms with Gasteiger partial charge in [0.25, 0.3) is 5.91 Å². The molecule has 1 aliphatic heterocycles. The zero-order chi connectivity index (χ0) is 16.0. The van der Waals surface area contributed by atoms with Crippen LogP contribution in [0.25, 0.3) is 10.9 Å². The maximum atomic E-state index is 13.9. The van der Waals surface area contributed by atoms with Crippen molar-refractivity contribution in [2.75, 3.05) is 0 Å². The Morgan fingerprint density at radius 1 is 0.913 bits per heavy atom. The molecular weight excluding hydrogens is 300 g/mol. The molecule has 0 atom stereocenters. The van der Waals surface area contributed by atoms with Gasteiger partial charge in [-0.2, -0.15) is 0 Å². The first-order valence-corrected chi connectivity index (χ1v) is 6.95. The van der Waals surface area contributed by atoms with Crippen LogP contribution in [0.15, 0.2) is 52.7 Å². The monoisotopic (exact) mass is 309 g/mol. The van der Waals surface area contributed by atoms with Crippen molar-refractivity contribution in [3.63, 3.8) is 0 Å². The highest BCUT2D eigenvalue weighted by atomic mass is 19.1. The van der Waals surface area contributed by atoms with Crippen LogP contribution in [0.1, 0.15) is 21.6 Å². The highest BCUT2D eigenvalue weighted by Gasteiger charge is 2.26. The molecule has 4 nitrogen and oxygen atoms in total. The molecule has 0 bridgehead atoms. The number of aromatic nitrogens is 1. The van der Waals surface area contributed by atoms with E-state index in [2.05, 4.69) is 15.2 Å². The summed E-state index contributed by atoms with van der Waals surface area (Å²) >= 11 is 0. The third-order valence-electron chi connectivity index (χ3n) is 3.80. The standard InChI is InChI=1S/C17H9F2N3O/c18-11-5-3-6-12(19)10(11)8-14-15-16(21-22-17(15)23)9-4-1-2-7-13(9)20-14/h1-7H,8H2. The Morgan fingerprint density at radius 2 is 1.65 bits per heavy atom. The minimum absolute atomic E-state index is 0.128. The first-order chi connectivity index (χ1) is 11.1. The van der Waals surface area contributed by atoms with Crippen molar-refractivity contribution in [2.24, 2.45) is 10.2 Å². The number of carbonyl (C=O) groups excluding carboxylic acids is 1. The predicted molar refractivity (Wildman–Crippen MR) is 79.8 cm³/mol. The van der Waals surface area contributed by atoms with E-state index < -0.39 is 17.5 Å². The third-order valence-corrected chi connectivity index (χ3v) is 3.80. The van der Waals surface area contributed by atoms with Crippen LogP contribution >= 0.6 is 0 Å². The molecule has 4 rings (SSSR count). The summed E-state index contributed by atoms with van der Waals surface area (Å²) < 4.78 is 27.8. The molecule has 0 saturated heterocycles. The number of carbonyl (C=O) groups is 1. The van der Waals surface area contributed by atoms with Gasteiger partial charge < -0.3 is 0 Å². The molecule has 0 saturated carbocycles. The molecule has 0 spiro atoms. The highest BCUT2D eigenvalue weighted by Crippen LogP contribution is 2.36. The van der Waals surface area contributed by atoms with Gasteiger partial charge in [-0.1, -0.05) is 24.3 Å². The van der Waals surface area contributed by atoms with E-state index in [1.54, 1.807) is 24.3 Å². The van der Waals surface area contributed by atoms with E-state index in [-0.39, 0.29) is 23.2 Å². The Morgan fingerprint density at radius 3 is 2.43 bits per heavy atom. The molecule has 0 N–H and O–H groups in total. The van der Waals surface area contributed by atoms with Gasteiger partial charge in [0.05, 0.1) is 16.8 Å². The smallest absolute Gasteiger partial charge is 0.265 e. The molecule has 0 radical (unpaired) electrons. The van der Waals surface area contributed by atoms with E-state index in [9.17, 15) is 13.6 Å². The largest absolute Gasteiger partial charge is 0.299 e. The van der Waals surface area contributed by atoms with E-state index >= 15 is 0 Å². The Bertz CT molecular complexity index is 978. The second kappa shape index (κ2) is 5.01. The predicted octanol–water partition coefficient (Wildman–Crippen LogP) is 4.34. The molecular formula is C17H9F2N3O. The van der Waals surface area contributed by atoms with Gasteiger partial charge in [0.2, 0.25) is 0 Å². The summed E-state index contributed by atoms with van der Waals surface area (Å²) in [6, 6.07) is 10.8. The summed E-state index contributed by atoms with van der Waals surface area (Å²) in [7, 11) is 0. The van der Waals surface area contributed by atoms with E-state index in [1.165, 1.54) is 18.2 Å². The Labute approximate surface area is 129 Å². The van der Waals surface area contributed by atoms with Crippen LogP contribution < -0.4 is 0 Å². The van der Waals surface area contributed by atoms with Crippen molar-refractivity contribution < 1.29 is 13.6 Å². The van der Waals surface area contributed by atoms with E-state index in [4.69, 9.17) is 0 Å². The lowest BCUT2D eigenvalue weighted by Crippen LogP contribution is -2.05. The molecule has 6 heteroatoms. The number of benzene rings is 2. The van der Waals surface area contributed by atoms with E-state index in [0.29, 0.717) is 16.6 Å². The van der Waals surface area contributed by atoms with Crippen LogP contribution in [-0.2, 0) is 6.42 Å². The summed E-state index contributed by atoms with van der Waals surface area (Å²) in [5.41, 5.74) is 1.38. The zero-order valence-corrected chi connectivity index (χ0v) is 11.8. The number of hydrogen-bond acceptors (Lipinski definition) is 3. The lowest BCUT2D eigenvalue weighted by atomic mass is 10.0. The lowest BCUT2D eigenvalue weighted by Gasteiger charge is -2.09. The third kappa shape index (κ3) is 2.11. The molecule has 0 unspecified atom stereocenters. The Hall–Kier alpha value is -3.02. The second-order valence-electron chi connectivity index (χ2n) is 5.18. The van der Waals surface area contributed by atoms with Crippen LogP contribution in [-0.4, -0.2) is 10.9 Å². The number of hydrogen-bond donors (Lipinski definition) is 0. The average molecular weight is 309 g/mol. The van der Waals surface area contributed by atoms with Gasteiger partial charge in [0, 0.05) is 17.4 Å². The van der Waals surface area contributed by atoms with Crippen molar-refractivity contribution in [3.05, 3.63) is 70.9 Å². The molecule has 3 aromatic rings. The number of halogens is 2. The molecule has 23 heavy (non-hydrogen) atoms. The van der Waals surface area contributed by atoms with Gasteiger partial charge in [-0.25, -0.2) is 8.78 Å². The number of nitrogens with zero attached hydrogens (tertiary/aromatic N) is 3. The van der Waals surface area contributed by atoms with Gasteiger partial charge >= 0.3 is 0 Å². The van der Waals surface area contributed by atoms with Gasteiger partial charge in [-0.15, -0.1) is 10.2 Å². The van der Waals surface area contributed by atoms with E-state index in [1.807, 2.05) is 0 Å². The van der Waals surface area contributed by atoms with Gasteiger partial charge in [-0.3, -0.25) is 9.78 Å². The topological polar surface area (TPSA) is 54.7 Å². The zero-order valence-electron chi connectivity index (χ0n) is 11.8. The van der Waals surface area contributed by atoms with Crippen LogP contribution in [0, 0.1) is 11.6 Å². The maximum Gasteiger partial charge on any atom is 0.299 e. The van der Waals surface area contributed by atoms with Crippen LogP contribution in [0.4, 0.5) is 14.5 Å².